The molecule has 0 radical (unpaired) electrons. The second kappa shape index (κ2) is 6.72. The summed E-state index contributed by atoms with van der Waals surface area (Å²) in [5.74, 6) is -1.53. The van der Waals surface area contributed by atoms with E-state index in [2.05, 4.69) is 16.2 Å². The summed E-state index contributed by atoms with van der Waals surface area (Å²) < 4.78 is 12.8. The van der Waals surface area contributed by atoms with E-state index in [1.54, 1.807) is 0 Å². The third-order valence-corrected chi connectivity index (χ3v) is 2.82. The summed E-state index contributed by atoms with van der Waals surface area (Å²) in [6.07, 6.45) is 0. The minimum atomic E-state index is -0.638. The number of phenols is 2. The number of nitrogens with one attached hydrogen (secondary N) is 3. The molecule has 0 bridgehead atoms. The van der Waals surface area contributed by atoms with Crippen molar-refractivity contribution in [2.75, 3.05) is 5.32 Å². The quantitative estimate of drug-likeness (QED) is 0.428. The molecule has 0 saturated carbocycles. The van der Waals surface area contributed by atoms with Crippen LogP contribution in [0, 0.1) is 5.82 Å². The molecule has 1 amide bonds. The van der Waals surface area contributed by atoms with Crippen molar-refractivity contribution in [3.63, 3.8) is 0 Å². The van der Waals surface area contributed by atoms with Gasteiger partial charge in [0.2, 0.25) is 0 Å². The van der Waals surface area contributed by atoms with E-state index in [0.717, 1.165) is 6.07 Å². The van der Waals surface area contributed by atoms with Crippen LogP contribution in [0.15, 0.2) is 42.5 Å². The molecule has 0 aliphatic rings. The van der Waals surface area contributed by atoms with Gasteiger partial charge in [-0.1, -0.05) is 0 Å². The zero-order valence-electron chi connectivity index (χ0n) is 11.1. The highest BCUT2D eigenvalue weighted by atomic mass is 32.1. The van der Waals surface area contributed by atoms with Crippen LogP contribution in [0.4, 0.5) is 10.1 Å². The van der Waals surface area contributed by atoms with Crippen molar-refractivity contribution in [2.45, 2.75) is 0 Å². The smallest absolute Gasteiger partial charge is 0.273 e. The van der Waals surface area contributed by atoms with E-state index in [4.69, 9.17) is 17.3 Å². The van der Waals surface area contributed by atoms with E-state index >= 15 is 0 Å². The summed E-state index contributed by atoms with van der Waals surface area (Å²) in [7, 11) is 0. The van der Waals surface area contributed by atoms with Crippen LogP contribution < -0.4 is 16.2 Å². The molecule has 0 aliphatic heterocycles. The number of hydrazine groups is 1. The molecule has 114 valence electrons. The van der Waals surface area contributed by atoms with Gasteiger partial charge in [0.1, 0.15) is 17.3 Å². The first kappa shape index (κ1) is 15.5. The Morgan fingerprint density at radius 2 is 1.73 bits per heavy atom. The first-order valence-corrected chi connectivity index (χ1v) is 6.51. The van der Waals surface area contributed by atoms with E-state index in [1.807, 2.05) is 0 Å². The molecule has 2 aromatic carbocycles. The standard InChI is InChI=1S/C14H12FN3O3S/c15-8-1-3-9(4-2-8)16-14(22)18-17-13(21)11-6-5-10(19)7-12(11)20/h1-7,19-20H,(H,17,21)(H2,16,18,22). The van der Waals surface area contributed by atoms with Gasteiger partial charge in [-0.15, -0.1) is 0 Å². The van der Waals surface area contributed by atoms with Crippen LogP contribution >= 0.6 is 12.2 Å². The number of thiocarbonyl (C=S) groups is 1. The number of halogens is 1. The zero-order chi connectivity index (χ0) is 16.1. The molecule has 0 spiro atoms. The van der Waals surface area contributed by atoms with E-state index < -0.39 is 5.91 Å². The van der Waals surface area contributed by atoms with Crippen molar-refractivity contribution >= 4 is 28.9 Å². The third kappa shape index (κ3) is 4.06. The van der Waals surface area contributed by atoms with Crippen LogP contribution in [0.3, 0.4) is 0 Å². The second-order valence-electron chi connectivity index (χ2n) is 4.24. The number of phenolic OH excluding ortho intramolecular Hbond substituents is 2. The van der Waals surface area contributed by atoms with Gasteiger partial charge in [-0.3, -0.25) is 15.6 Å². The molecule has 0 aromatic heterocycles. The van der Waals surface area contributed by atoms with Gasteiger partial charge in [0.15, 0.2) is 5.11 Å². The zero-order valence-corrected chi connectivity index (χ0v) is 11.9. The summed E-state index contributed by atoms with van der Waals surface area (Å²) in [6.45, 7) is 0. The molecule has 5 N–H and O–H groups in total. The van der Waals surface area contributed by atoms with Crippen LogP contribution in [0.2, 0.25) is 0 Å². The fourth-order valence-electron chi connectivity index (χ4n) is 1.59. The first-order chi connectivity index (χ1) is 10.5. The van der Waals surface area contributed by atoms with E-state index in [1.165, 1.54) is 36.4 Å². The molecule has 0 unspecified atom stereocenters. The number of hydrogen-bond donors (Lipinski definition) is 5. The monoisotopic (exact) mass is 321 g/mol. The molecule has 2 aromatic rings. The van der Waals surface area contributed by atoms with Gasteiger partial charge in [0.25, 0.3) is 5.91 Å². The van der Waals surface area contributed by atoms with E-state index in [-0.39, 0.29) is 28.0 Å². The predicted octanol–water partition coefficient (Wildman–Crippen LogP) is 1.87. The van der Waals surface area contributed by atoms with Gasteiger partial charge in [-0.05, 0) is 48.6 Å². The Hall–Kier alpha value is -2.87. The average molecular weight is 321 g/mol. The Balaban J connectivity index is 1.90. The minimum absolute atomic E-state index is 0.0325. The lowest BCUT2D eigenvalue weighted by Crippen LogP contribution is -2.43. The molecule has 6 nitrogen and oxygen atoms in total. The molecule has 2 rings (SSSR count). The number of rotatable bonds is 2. The Morgan fingerprint density at radius 3 is 2.36 bits per heavy atom. The normalized spacial score (nSPS) is 9.86. The maximum atomic E-state index is 12.8. The average Bonchev–Trinajstić information content (AvgIpc) is 2.47. The van der Waals surface area contributed by atoms with Gasteiger partial charge in [0.05, 0.1) is 5.56 Å². The molecular weight excluding hydrogens is 309 g/mol. The number of carbonyl (C=O) groups is 1. The maximum Gasteiger partial charge on any atom is 0.273 e. The molecule has 0 saturated heterocycles. The molecular formula is C14H12FN3O3S. The van der Waals surface area contributed by atoms with E-state index in [0.29, 0.717) is 5.69 Å². The fraction of sp³-hybridized carbons (Fsp3) is 0. The Morgan fingerprint density at radius 1 is 1.05 bits per heavy atom. The number of anilines is 1. The van der Waals surface area contributed by atoms with Crippen molar-refractivity contribution in [2.24, 2.45) is 0 Å². The van der Waals surface area contributed by atoms with Crippen molar-refractivity contribution in [1.82, 2.24) is 10.9 Å². The van der Waals surface area contributed by atoms with Crippen molar-refractivity contribution in [3.05, 3.63) is 53.8 Å². The number of aromatic hydroxyl groups is 2. The molecule has 8 heteroatoms. The van der Waals surface area contributed by atoms with Crippen LogP contribution in [0.5, 0.6) is 11.5 Å². The van der Waals surface area contributed by atoms with Crippen LogP contribution in [0.1, 0.15) is 10.4 Å². The summed E-state index contributed by atoms with van der Waals surface area (Å²) >= 11 is 4.96. The highest BCUT2D eigenvalue weighted by Gasteiger charge is 2.11. The van der Waals surface area contributed by atoms with Gasteiger partial charge < -0.3 is 15.5 Å². The lowest BCUT2D eigenvalue weighted by atomic mass is 10.2. The Labute approximate surface area is 130 Å². The van der Waals surface area contributed by atoms with Crippen LogP contribution in [-0.2, 0) is 0 Å². The maximum absolute atomic E-state index is 12.8. The van der Waals surface area contributed by atoms with Gasteiger partial charge in [0, 0.05) is 11.8 Å². The Bertz CT molecular complexity index is 707. The SMILES string of the molecule is O=C(NNC(=S)Nc1ccc(F)cc1)c1ccc(O)cc1O. The minimum Gasteiger partial charge on any atom is -0.508 e. The summed E-state index contributed by atoms with van der Waals surface area (Å²) in [6, 6.07) is 9.07. The van der Waals surface area contributed by atoms with Crippen LogP contribution in [-0.4, -0.2) is 21.2 Å². The lowest BCUT2D eigenvalue weighted by Gasteiger charge is -2.12. The summed E-state index contributed by atoms with van der Waals surface area (Å²) in [5, 5.41) is 21.5. The second-order valence-corrected chi connectivity index (χ2v) is 4.65. The van der Waals surface area contributed by atoms with Gasteiger partial charge in [-0.25, -0.2) is 4.39 Å². The number of carbonyl (C=O) groups excluding carboxylic acids is 1. The summed E-state index contributed by atoms with van der Waals surface area (Å²) in [5.41, 5.74) is 5.23. The number of benzene rings is 2. The highest BCUT2D eigenvalue weighted by Crippen LogP contribution is 2.22. The van der Waals surface area contributed by atoms with Crippen molar-refractivity contribution in [1.29, 1.82) is 0 Å². The fourth-order valence-corrected chi connectivity index (χ4v) is 1.76. The predicted molar refractivity (Wildman–Crippen MR) is 83.0 cm³/mol. The molecule has 0 heterocycles. The molecule has 0 fully saturated rings. The summed E-state index contributed by atoms with van der Waals surface area (Å²) in [4.78, 5) is 11.8. The van der Waals surface area contributed by atoms with Crippen molar-refractivity contribution in [3.8, 4) is 11.5 Å². The van der Waals surface area contributed by atoms with Gasteiger partial charge >= 0.3 is 0 Å². The Kier molecular flexibility index (Phi) is 4.74. The number of hydrogen-bond acceptors (Lipinski definition) is 4. The molecule has 0 atom stereocenters. The van der Waals surface area contributed by atoms with Crippen LogP contribution in [0.25, 0.3) is 0 Å². The molecule has 22 heavy (non-hydrogen) atoms. The third-order valence-electron chi connectivity index (χ3n) is 2.62. The first-order valence-electron chi connectivity index (χ1n) is 6.10. The topological polar surface area (TPSA) is 93.6 Å². The molecule has 0 aliphatic carbocycles. The lowest BCUT2D eigenvalue weighted by molar-refractivity contribution is 0.0941. The largest absolute Gasteiger partial charge is 0.508 e. The van der Waals surface area contributed by atoms with E-state index in [9.17, 15) is 14.3 Å². The van der Waals surface area contributed by atoms with Gasteiger partial charge in [-0.2, -0.15) is 0 Å². The highest BCUT2D eigenvalue weighted by molar-refractivity contribution is 7.80. The number of amides is 1. The van der Waals surface area contributed by atoms with Crippen molar-refractivity contribution < 1.29 is 19.4 Å².